The van der Waals surface area contributed by atoms with Crippen molar-refractivity contribution >= 4 is 17.6 Å². The maximum atomic E-state index is 12.0. The molecule has 2 rings (SSSR count). The van der Waals surface area contributed by atoms with E-state index in [1.54, 1.807) is 18.9 Å². The van der Waals surface area contributed by atoms with Crippen LogP contribution in [0.1, 0.15) is 24.5 Å². The van der Waals surface area contributed by atoms with E-state index in [-0.39, 0.29) is 18.3 Å². The molecular formula is C14H17NO3. The molecule has 1 heterocycles. The molecule has 96 valence electrons. The lowest BCUT2D eigenvalue weighted by Gasteiger charge is -2.37. The molecule has 1 aromatic rings. The molecule has 4 nitrogen and oxygen atoms in total. The van der Waals surface area contributed by atoms with Gasteiger partial charge in [0.05, 0.1) is 7.11 Å². The standard InChI is InChI=1S/C14H17NO3/c1-9-5-6-11-10(7-9)14(2,13(17)18-4)8-12(16)15(11)3/h5-7H,8H2,1-4H3/t14-/m1/s1. The van der Waals surface area contributed by atoms with Gasteiger partial charge in [-0.1, -0.05) is 17.7 Å². The van der Waals surface area contributed by atoms with Gasteiger partial charge in [0.1, 0.15) is 5.41 Å². The Morgan fingerprint density at radius 3 is 2.72 bits per heavy atom. The summed E-state index contributed by atoms with van der Waals surface area (Å²) >= 11 is 0. The van der Waals surface area contributed by atoms with Crippen LogP contribution >= 0.6 is 0 Å². The normalized spacial score (nSPS) is 22.7. The van der Waals surface area contributed by atoms with Gasteiger partial charge in [-0.2, -0.15) is 0 Å². The number of rotatable bonds is 1. The van der Waals surface area contributed by atoms with Crippen LogP contribution in [0, 0.1) is 6.92 Å². The Morgan fingerprint density at radius 2 is 2.11 bits per heavy atom. The molecule has 18 heavy (non-hydrogen) atoms. The first-order valence-electron chi connectivity index (χ1n) is 5.86. The highest BCUT2D eigenvalue weighted by molar-refractivity contribution is 6.03. The number of hydrogen-bond donors (Lipinski definition) is 0. The lowest BCUT2D eigenvalue weighted by Crippen LogP contribution is -2.46. The monoisotopic (exact) mass is 247 g/mol. The Balaban J connectivity index is 2.66. The molecule has 0 saturated carbocycles. The summed E-state index contributed by atoms with van der Waals surface area (Å²) in [6.45, 7) is 3.73. The minimum Gasteiger partial charge on any atom is -0.468 e. The molecule has 1 atom stereocenters. The van der Waals surface area contributed by atoms with Crippen molar-refractivity contribution in [2.45, 2.75) is 25.7 Å². The van der Waals surface area contributed by atoms with Crippen LogP contribution < -0.4 is 4.90 Å². The molecular weight excluding hydrogens is 230 g/mol. The van der Waals surface area contributed by atoms with E-state index < -0.39 is 5.41 Å². The molecule has 0 unspecified atom stereocenters. The predicted molar refractivity (Wildman–Crippen MR) is 68.6 cm³/mol. The number of aryl methyl sites for hydroxylation is 1. The van der Waals surface area contributed by atoms with Gasteiger partial charge in [0.15, 0.2) is 0 Å². The number of carbonyl (C=O) groups excluding carboxylic acids is 2. The van der Waals surface area contributed by atoms with E-state index in [1.807, 2.05) is 25.1 Å². The molecule has 4 heteroatoms. The number of carbonyl (C=O) groups is 2. The van der Waals surface area contributed by atoms with Crippen LogP contribution in [-0.2, 0) is 19.7 Å². The zero-order chi connectivity index (χ0) is 13.5. The predicted octanol–water partition coefficient (Wildman–Crippen LogP) is 1.79. The average molecular weight is 247 g/mol. The van der Waals surface area contributed by atoms with E-state index in [0.717, 1.165) is 16.8 Å². The number of fused-ring (bicyclic) bond motifs is 1. The van der Waals surface area contributed by atoms with Gasteiger partial charge in [-0.05, 0) is 25.5 Å². The third-order valence-electron chi connectivity index (χ3n) is 3.62. The van der Waals surface area contributed by atoms with Crippen LogP contribution in [0.15, 0.2) is 18.2 Å². The molecule has 0 saturated heterocycles. The van der Waals surface area contributed by atoms with Crippen LogP contribution in [0.2, 0.25) is 0 Å². The highest BCUT2D eigenvalue weighted by Crippen LogP contribution is 2.41. The van der Waals surface area contributed by atoms with Crippen molar-refractivity contribution in [3.05, 3.63) is 29.3 Å². The first kappa shape index (κ1) is 12.6. The topological polar surface area (TPSA) is 46.6 Å². The van der Waals surface area contributed by atoms with Gasteiger partial charge in [0.2, 0.25) is 5.91 Å². The number of ether oxygens (including phenoxy) is 1. The van der Waals surface area contributed by atoms with Crippen molar-refractivity contribution in [3.63, 3.8) is 0 Å². The SMILES string of the molecule is COC(=O)[C@]1(C)CC(=O)N(C)c2ccc(C)cc21. The summed E-state index contributed by atoms with van der Waals surface area (Å²) in [5, 5.41) is 0. The number of anilines is 1. The van der Waals surface area contributed by atoms with Crippen molar-refractivity contribution in [3.8, 4) is 0 Å². The summed E-state index contributed by atoms with van der Waals surface area (Å²) < 4.78 is 4.86. The van der Waals surface area contributed by atoms with Crippen LogP contribution in [0.4, 0.5) is 5.69 Å². The van der Waals surface area contributed by atoms with E-state index in [2.05, 4.69) is 0 Å². The first-order chi connectivity index (χ1) is 8.40. The van der Waals surface area contributed by atoms with E-state index in [0.29, 0.717) is 0 Å². The van der Waals surface area contributed by atoms with Crippen LogP contribution in [0.3, 0.4) is 0 Å². The van der Waals surface area contributed by atoms with Gasteiger partial charge >= 0.3 is 5.97 Å². The summed E-state index contributed by atoms with van der Waals surface area (Å²) in [5.74, 6) is -0.435. The van der Waals surface area contributed by atoms with Crippen LogP contribution in [0.5, 0.6) is 0 Å². The zero-order valence-electron chi connectivity index (χ0n) is 11.1. The minimum absolute atomic E-state index is 0.0701. The van der Waals surface area contributed by atoms with E-state index in [4.69, 9.17) is 4.74 Å². The molecule has 0 aliphatic carbocycles. The Hall–Kier alpha value is -1.84. The van der Waals surface area contributed by atoms with Crippen molar-refractivity contribution in [2.75, 3.05) is 19.1 Å². The third-order valence-corrected chi connectivity index (χ3v) is 3.62. The maximum Gasteiger partial charge on any atom is 0.316 e. The average Bonchev–Trinajstić information content (AvgIpc) is 2.35. The van der Waals surface area contributed by atoms with Crippen LogP contribution in [0.25, 0.3) is 0 Å². The van der Waals surface area contributed by atoms with Gasteiger partial charge in [-0.25, -0.2) is 0 Å². The lowest BCUT2D eigenvalue weighted by molar-refractivity contribution is -0.149. The van der Waals surface area contributed by atoms with Crippen molar-refractivity contribution in [2.24, 2.45) is 0 Å². The molecule has 0 fully saturated rings. The fraction of sp³-hybridized carbons (Fsp3) is 0.429. The van der Waals surface area contributed by atoms with Gasteiger partial charge in [-0.15, -0.1) is 0 Å². The number of hydrogen-bond acceptors (Lipinski definition) is 3. The summed E-state index contributed by atoms with van der Waals surface area (Å²) in [7, 11) is 3.08. The molecule has 0 radical (unpaired) electrons. The smallest absolute Gasteiger partial charge is 0.316 e. The third kappa shape index (κ3) is 1.68. The number of benzene rings is 1. The summed E-state index contributed by atoms with van der Waals surface area (Å²) in [6, 6.07) is 5.77. The van der Waals surface area contributed by atoms with Gasteiger partial charge in [-0.3, -0.25) is 9.59 Å². The fourth-order valence-corrected chi connectivity index (χ4v) is 2.44. The second-order valence-corrected chi connectivity index (χ2v) is 4.97. The molecule has 0 spiro atoms. The highest BCUT2D eigenvalue weighted by Gasteiger charge is 2.45. The molecule has 1 aliphatic rings. The lowest BCUT2D eigenvalue weighted by atomic mass is 9.75. The van der Waals surface area contributed by atoms with Gasteiger partial charge in [0, 0.05) is 19.2 Å². The summed E-state index contributed by atoms with van der Waals surface area (Å²) in [6.07, 6.45) is 0.145. The highest BCUT2D eigenvalue weighted by atomic mass is 16.5. The number of amides is 1. The maximum absolute atomic E-state index is 12.0. The quantitative estimate of drug-likeness (QED) is 0.711. The number of nitrogens with zero attached hydrogens (tertiary/aromatic N) is 1. The molecule has 0 bridgehead atoms. The summed E-state index contributed by atoms with van der Waals surface area (Å²) in [4.78, 5) is 25.6. The van der Waals surface area contributed by atoms with Crippen molar-refractivity contribution < 1.29 is 14.3 Å². The van der Waals surface area contributed by atoms with Gasteiger partial charge < -0.3 is 9.64 Å². The second-order valence-electron chi connectivity index (χ2n) is 4.97. The molecule has 1 aromatic carbocycles. The molecule has 1 aliphatic heterocycles. The Morgan fingerprint density at radius 1 is 1.44 bits per heavy atom. The van der Waals surface area contributed by atoms with E-state index >= 15 is 0 Å². The van der Waals surface area contributed by atoms with Gasteiger partial charge in [0.25, 0.3) is 0 Å². The second kappa shape index (κ2) is 4.12. The first-order valence-corrected chi connectivity index (χ1v) is 5.86. The summed E-state index contributed by atoms with van der Waals surface area (Å²) in [5.41, 5.74) is 1.81. The Kier molecular flexibility index (Phi) is 2.89. The molecule has 0 N–H and O–H groups in total. The Bertz CT molecular complexity index is 524. The number of methoxy groups -OCH3 is 1. The Labute approximate surface area is 107 Å². The zero-order valence-corrected chi connectivity index (χ0v) is 11.1. The molecule has 1 amide bonds. The minimum atomic E-state index is -0.889. The molecule has 0 aromatic heterocycles. The van der Waals surface area contributed by atoms with Crippen molar-refractivity contribution in [1.29, 1.82) is 0 Å². The van der Waals surface area contributed by atoms with E-state index in [9.17, 15) is 9.59 Å². The fourth-order valence-electron chi connectivity index (χ4n) is 2.44. The van der Waals surface area contributed by atoms with Crippen LogP contribution in [-0.4, -0.2) is 26.0 Å². The largest absolute Gasteiger partial charge is 0.468 e. The van der Waals surface area contributed by atoms with E-state index in [1.165, 1.54) is 7.11 Å². The van der Waals surface area contributed by atoms with Crippen molar-refractivity contribution in [1.82, 2.24) is 0 Å². The number of esters is 1.